The van der Waals surface area contributed by atoms with E-state index in [2.05, 4.69) is 10.6 Å². The number of phenolic OH excluding ortho intramolecular Hbond substituents is 2. The van der Waals surface area contributed by atoms with Gasteiger partial charge in [-0.15, -0.1) is 0 Å². The Balaban J connectivity index is 1.68. The van der Waals surface area contributed by atoms with Crippen molar-refractivity contribution in [3.8, 4) is 11.5 Å². The molecule has 0 heterocycles. The molecule has 0 bridgehead atoms. The van der Waals surface area contributed by atoms with Crippen LogP contribution in [0.15, 0.2) is 18.2 Å². The molecule has 1 amide bonds. The fourth-order valence-electron chi connectivity index (χ4n) is 2.08. The highest BCUT2D eigenvalue weighted by Gasteiger charge is 2.22. The quantitative estimate of drug-likeness (QED) is 0.573. The summed E-state index contributed by atoms with van der Waals surface area (Å²) in [6.07, 6.45) is 3.53. The zero-order valence-corrected chi connectivity index (χ0v) is 11.7. The maximum atomic E-state index is 11.5. The molecular formula is C15H22N2O3. The van der Waals surface area contributed by atoms with Gasteiger partial charge in [0.05, 0.1) is 0 Å². The first kappa shape index (κ1) is 14.7. The monoisotopic (exact) mass is 278 g/mol. The number of rotatable bonds is 7. The third-order valence-electron chi connectivity index (χ3n) is 3.40. The fraction of sp³-hybridized carbons (Fsp3) is 0.533. The minimum absolute atomic E-state index is 0.0134. The standard InChI is InChI=1S/C15H22N2O3/c1-10(11-7-13(18)9-14(19)8-11)16-6-2-3-15(20)17-12-4-5-12/h7-10,12,16,18-19H,2-6H2,1H3,(H,17,20). The molecule has 0 saturated heterocycles. The molecule has 5 heteroatoms. The van der Waals surface area contributed by atoms with Gasteiger partial charge in [-0.25, -0.2) is 0 Å². The molecule has 1 saturated carbocycles. The van der Waals surface area contributed by atoms with Crippen molar-refractivity contribution in [2.75, 3.05) is 6.54 Å². The second-order valence-corrected chi connectivity index (χ2v) is 5.40. The predicted octanol–water partition coefficient (Wildman–Crippen LogP) is 1.81. The van der Waals surface area contributed by atoms with Crippen LogP contribution in [0.2, 0.25) is 0 Å². The highest BCUT2D eigenvalue weighted by molar-refractivity contribution is 5.76. The third-order valence-corrected chi connectivity index (χ3v) is 3.40. The maximum Gasteiger partial charge on any atom is 0.220 e. The summed E-state index contributed by atoms with van der Waals surface area (Å²) in [6, 6.07) is 4.98. The molecule has 1 fully saturated rings. The smallest absolute Gasteiger partial charge is 0.220 e. The van der Waals surface area contributed by atoms with Crippen LogP contribution in [0, 0.1) is 0 Å². The van der Waals surface area contributed by atoms with Crippen LogP contribution in [0.25, 0.3) is 0 Å². The molecule has 5 nitrogen and oxygen atoms in total. The number of nitrogens with one attached hydrogen (secondary N) is 2. The normalized spacial score (nSPS) is 15.8. The van der Waals surface area contributed by atoms with E-state index < -0.39 is 0 Å². The van der Waals surface area contributed by atoms with Gasteiger partial charge >= 0.3 is 0 Å². The summed E-state index contributed by atoms with van der Waals surface area (Å²) in [6.45, 7) is 2.67. The lowest BCUT2D eigenvalue weighted by Gasteiger charge is -2.15. The number of amides is 1. The second kappa shape index (κ2) is 6.61. The van der Waals surface area contributed by atoms with Gasteiger partial charge in [0, 0.05) is 24.6 Å². The predicted molar refractivity (Wildman–Crippen MR) is 76.6 cm³/mol. The number of phenols is 2. The van der Waals surface area contributed by atoms with Gasteiger partial charge in [0.25, 0.3) is 0 Å². The number of aromatic hydroxyl groups is 2. The molecule has 0 radical (unpaired) electrons. The fourth-order valence-corrected chi connectivity index (χ4v) is 2.08. The van der Waals surface area contributed by atoms with Gasteiger partial charge in [0.2, 0.25) is 5.91 Å². The molecule has 0 aliphatic heterocycles. The second-order valence-electron chi connectivity index (χ2n) is 5.40. The van der Waals surface area contributed by atoms with E-state index in [1.54, 1.807) is 12.1 Å². The largest absolute Gasteiger partial charge is 0.508 e. The van der Waals surface area contributed by atoms with Crippen LogP contribution in [0.5, 0.6) is 11.5 Å². The lowest BCUT2D eigenvalue weighted by molar-refractivity contribution is -0.121. The van der Waals surface area contributed by atoms with Crippen molar-refractivity contribution in [3.63, 3.8) is 0 Å². The summed E-state index contributed by atoms with van der Waals surface area (Å²) >= 11 is 0. The average molecular weight is 278 g/mol. The van der Waals surface area contributed by atoms with Gasteiger partial charge in [-0.2, -0.15) is 0 Å². The zero-order chi connectivity index (χ0) is 14.5. The van der Waals surface area contributed by atoms with E-state index in [0.717, 1.165) is 31.4 Å². The summed E-state index contributed by atoms with van der Waals surface area (Å²) in [5.41, 5.74) is 0.824. The molecule has 0 aromatic heterocycles. The Morgan fingerprint density at radius 1 is 1.30 bits per heavy atom. The molecule has 4 N–H and O–H groups in total. The van der Waals surface area contributed by atoms with Crippen molar-refractivity contribution in [3.05, 3.63) is 23.8 Å². The minimum atomic E-state index is 0.0134. The third kappa shape index (κ3) is 4.74. The number of carbonyl (C=O) groups is 1. The van der Waals surface area contributed by atoms with Gasteiger partial charge in [-0.3, -0.25) is 4.79 Å². The lowest BCUT2D eigenvalue weighted by Crippen LogP contribution is -2.27. The number of carbonyl (C=O) groups excluding carboxylic acids is 1. The molecule has 0 spiro atoms. The number of benzene rings is 1. The Bertz CT molecular complexity index is 452. The van der Waals surface area contributed by atoms with Crippen molar-refractivity contribution in [2.45, 2.75) is 44.7 Å². The Kier molecular flexibility index (Phi) is 4.84. The van der Waals surface area contributed by atoms with Gasteiger partial charge in [-0.1, -0.05) is 0 Å². The van der Waals surface area contributed by atoms with Crippen LogP contribution in [-0.2, 0) is 4.79 Å². The van der Waals surface area contributed by atoms with E-state index in [0.29, 0.717) is 12.5 Å². The molecule has 1 aliphatic rings. The number of hydrogen-bond donors (Lipinski definition) is 4. The molecule has 1 atom stereocenters. The maximum absolute atomic E-state index is 11.5. The lowest BCUT2D eigenvalue weighted by atomic mass is 10.1. The van der Waals surface area contributed by atoms with E-state index in [4.69, 9.17) is 0 Å². The van der Waals surface area contributed by atoms with Gasteiger partial charge in [-0.05, 0) is 50.4 Å². The van der Waals surface area contributed by atoms with E-state index in [9.17, 15) is 15.0 Å². The Morgan fingerprint density at radius 3 is 2.55 bits per heavy atom. The molecule has 1 unspecified atom stereocenters. The van der Waals surface area contributed by atoms with Crippen LogP contribution in [0.3, 0.4) is 0 Å². The van der Waals surface area contributed by atoms with Crippen LogP contribution in [0.1, 0.15) is 44.2 Å². The van der Waals surface area contributed by atoms with E-state index >= 15 is 0 Å². The highest BCUT2D eigenvalue weighted by Crippen LogP contribution is 2.24. The molecule has 110 valence electrons. The first-order valence-electron chi connectivity index (χ1n) is 7.10. The average Bonchev–Trinajstić information content (AvgIpc) is 3.17. The van der Waals surface area contributed by atoms with Gasteiger partial charge in [0.1, 0.15) is 11.5 Å². The van der Waals surface area contributed by atoms with Gasteiger partial charge in [0.15, 0.2) is 0 Å². The minimum Gasteiger partial charge on any atom is -0.508 e. The summed E-state index contributed by atoms with van der Waals surface area (Å²) < 4.78 is 0. The van der Waals surface area contributed by atoms with Crippen molar-refractivity contribution in [1.82, 2.24) is 10.6 Å². The first-order chi connectivity index (χ1) is 9.54. The van der Waals surface area contributed by atoms with E-state index in [-0.39, 0.29) is 23.4 Å². The van der Waals surface area contributed by atoms with Crippen LogP contribution < -0.4 is 10.6 Å². The van der Waals surface area contributed by atoms with Crippen molar-refractivity contribution in [2.24, 2.45) is 0 Å². The molecular weight excluding hydrogens is 256 g/mol. The van der Waals surface area contributed by atoms with Crippen LogP contribution in [0.4, 0.5) is 0 Å². The summed E-state index contributed by atoms with van der Waals surface area (Å²) in [4.78, 5) is 11.5. The van der Waals surface area contributed by atoms with Crippen molar-refractivity contribution >= 4 is 5.91 Å². The topological polar surface area (TPSA) is 81.6 Å². The summed E-state index contributed by atoms with van der Waals surface area (Å²) in [5, 5.41) is 25.1. The van der Waals surface area contributed by atoms with E-state index in [1.165, 1.54) is 6.07 Å². The molecule has 1 aliphatic carbocycles. The van der Waals surface area contributed by atoms with Crippen LogP contribution in [-0.4, -0.2) is 28.7 Å². The zero-order valence-electron chi connectivity index (χ0n) is 11.7. The Labute approximate surface area is 119 Å². The SMILES string of the molecule is CC(NCCCC(=O)NC1CC1)c1cc(O)cc(O)c1. The molecule has 20 heavy (non-hydrogen) atoms. The molecule has 1 aromatic rings. The summed E-state index contributed by atoms with van der Waals surface area (Å²) in [7, 11) is 0. The Morgan fingerprint density at radius 2 is 1.95 bits per heavy atom. The van der Waals surface area contributed by atoms with Crippen molar-refractivity contribution < 1.29 is 15.0 Å². The molecule has 2 rings (SSSR count). The van der Waals surface area contributed by atoms with Crippen LogP contribution >= 0.6 is 0 Å². The summed E-state index contributed by atoms with van der Waals surface area (Å²) in [5.74, 6) is 0.229. The van der Waals surface area contributed by atoms with Gasteiger partial charge < -0.3 is 20.8 Å². The van der Waals surface area contributed by atoms with E-state index in [1.807, 2.05) is 6.92 Å². The van der Waals surface area contributed by atoms with Crippen molar-refractivity contribution in [1.29, 1.82) is 0 Å². The first-order valence-corrected chi connectivity index (χ1v) is 7.10. The number of hydrogen-bond acceptors (Lipinski definition) is 4. The highest BCUT2D eigenvalue weighted by atomic mass is 16.3. The Hall–Kier alpha value is -1.75. The molecule has 1 aromatic carbocycles.